The minimum Gasteiger partial charge on any atom is -0.320 e. The van der Waals surface area contributed by atoms with Crippen molar-refractivity contribution in [2.24, 2.45) is 0 Å². The number of halogens is 2. The predicted octanol–water partition coefficient (Wildman–Crippen LogP) is 3.35. The Kier molecular flexibility index (Phi) is 4.62. The Morgan fingerprint density at radius 1 is 1.30 bits per heavy atom. The molecule has 0 atom stereocenters. The molecule has 4 nitrogen and oxygen atoms in total. The zero-order valence-electron chi connectivity index (χ0n) is 10.5. The van der Waals surface area contributed by atoms with E-state index in [0.717, 1.165) is 0 Å². The average molecular weight is 295 g/mol. The molecule has 0 unspecified atom stereocenters. The van der Waals surface area contributed by atoms with Crippen LogP contribution in [-0.4, -0.2) is 21.6 Å². The van der Waals surface area contributed by atoms with E-state index >= 15 is 0 Å². The van der Waals surface area contributed by atoms with Crippen LogP contribution in [0.1, 0.15) is 16.3 Å². The fourth-order valence-corrected chi connectivity index (χ4v) is 2.13. The molecule has 0 saturated heterocycles. The maximum absolute atomic E-state index is 12.4. The van der Waals surface area contributed by atoms with Gasteiger partial charge in [0.25, 0.3) is 11.7 Å². The number of carbonyl (C=O) groups is 1. The van der Waals surface area contributed by atoms with Crippen molar-refractivity contribution in [3.63, 3.8) is 0 Å². The first-order valence-electron chi connectivity index (χ1n) is 5.71. The molecule has 2 aromatic rings. The average Bonchev–Trinajstić information content (AvgIpc) is 2.40. The van der Waals surface area contributed by atoms with Crippen molar-refractivity contribution in [2.75, 3.05) is 5.32 Å². The second-order valence-electron chi connectivity index (χ2n) is 3.82. The molecule has 0 spiro atoms. The zero-order valence-corrected chi connectivity index (χ0v) is 11.3. The molecule has 0 aliphatic carbocycles. The lowest BCUT2D eigenvalue weighted by molar-refractivity contribution is 0.102. The molecule has 0 saturated carbocycles. The first-order valence-corrected chi connectivity index (χ1v) is 6.59. The maximum atomic E-state index is 12.4. The summed E-state index contributed by atoms with van der Waals surface area (Å²) < 4.78 is 24.9. The highest BCUT2D eigenvalue weighted by molar-refractivity contribution is 7.99. The third kappa shape index (κ3) is 3.74. The standard InChI is InChI=1S/C13H11F2N3OS/c1-8-16-7-6-10(17-8)12(19)18-9-4-2-3-5-11(9)20-13(14)15/h2-7,13H,1H3,(H,18,19). The zero-order chi connectivity index (χ0) is 14.5. The van der Waals surface area contributed by atoms with E-state index in [-0.39, 0.29) is 5.69 Å². The van der Waals surface area contributed by atoms with Crippen LogP contribution in [0, 0.1) is 6.92 Å². The molecule has 0 fully saturated rings. The molecule has 0 aliphatic heterocycles. The summed E-state index contributed by atoms with van der Waals surface area (Å²) in [4.78, 5) is 20.2. The van der Waals surface area contributed by atoms with Crippen LogP contribution >= 0.6 is 11.8 Å². The molecule has 1 aromatic carbocycles. The molecule has 104 valence electrons. The molecule has 2 rings (SSSR count). The van der Waals surface area contributed by atoms with Crippen LogP contribution in [0.25, 0.3) is 0 Å². The minimum absolute atomic E-state index is 0.189. The second kappa shape index (κ2) is 6.42. The van der Waals surface area contributed by atoms with Crippen molar-refractivity contribution in [3.05, 3.63) is 48.0 Å². The number of amides is 1. The summed E-state index contributed by atoms with van der Waals surface area (Å²) in [7, 11) is 0. The lowest BCUT2D eigenvalue weighted by atomic mass is 10.3. The van der Waals surface area contributed by atoms with Crippen LogP contribution in [0.4, 0.5) is 14.5 Å². The Morgan fingerprint density at radius 3 is 2.75 bits per heavy atom. The van der Waals surface area contributed by atoms with Crippen LogP contribution in [0.5, 0.6) is 0 Å². The Bertz CT molecular complexity index is 622. The van der Waals surface area contributed by atoms with E-state index < -0.39 is 11.7 Å². The summed E-state index contributed by atoms with van der Waals surface area (Å²) in [5, 5.41) is 2.58. The number of benzene rings is 1. The quantitative estimate of drug-likeness (QED) is 0.879. The molecular formula is C13H11F2N3OS. The van der Waals surface area contributed by atoms with Crippen LogP contribution in [-0.2, 0) is 0 Å². The fourth-order valence-electron chi connectivity index (χ4n) is 1.54. The molecule has 20 heavy (non-hydrogen) atoms. The van der Waals surface area contributed by atoms with E-state index in [0.29, 0.717) is 28.2 Å². The number of nitrogens with one attached hydrogen (secondary N) is 1. The van der Waals surface area contributed by atoms with Gasteiger partial charge in [-0.15, -0.1) is 0 Å². The highest BCUT2D eigenvalue weighted by Crippen LogP contribution is 2.31. The van der Waals surface area contributed by atoms with Gasteiger partial charge in [-0.05, 0) is 25.1 Å². The van der Waals surface area contributed by atoms with E-state index in [1.807, 2.05) is 0 Å². The smallest absolute Gasteiger partial charge is 0.288 e. The number of rotatable bonds is 4. The van der Waals surface area contributed by atoms with Crippen molar-refractivity contribution >= 4 is 23.4 Å². The summed E-state index contributed by atoms with van der Waals surface area (Å²) in [5.74, 6) is -2.54. The molecule has 7 heteroatoms. The first kappa shape index (κ1) is 14.4. The molecule has 1 amide bonds. The number of aromatic nitrogens is 2. The molecule has 1 N–H and O–H groups in total. The van der Waals surface area contributed by atoms with Gasteiger partial charge in [-0.3, -0.25) is 4.79 Å². The number of para-hydroxylation sites is 1. The van der Waals surface area contributed by atoms with Crippen molar-refractivity contribution in [2.45, 2.75) is 17.6 Å². The summed E-state index contributed by atoms with van der Waals surface area (Å²) >= 11 is 0.385. The minimum atomic E-state index is -2.55. The summed E-state index contributed by atoms with van der Waals surface area (Å²) in [5.41, 5.74) is 0.522. The number of thioether (sulfide) groups is 1. The van der Waals surface area contributed by atoms with Gasteiger partial charge in [-0.25, -0.2) is 9.97 Å². The number of hydrogen-bond donors (Lipinski definition) is 1. The molecule has 1 aromatic heterocycles. The van der Waals surface area contributed by atoms with Crippen LogP contribution in [0.3, 0.4) is 0 Å². The number of aryl methyl sites for hydroxylation is 1. The normalized spacial score (nSPS) is 10.6. The number of alkyl halides is 2. The van der Waals surface area contributed by atoms with Gasteiger partial charge in [0.1, 0.15) is 11.5 Å². The lowest BCUT2D eigenvalue weighted by Gasteiger charge is -2.10. The Morgan fingerprint density at radius 2 is 2.05 bits per heavy atom. The third-order valence-corrected chi connectivity index (χ3v) is 3.15. The highest BCUT2D eigenvalue weighted by atomic mass is 32.2. The van der Waals surface area contributed by atoms with Crippen molar-refractivity contribution < 1.29 is 13.6 Å². The number of hydrogen-bond acceptors (Lipinski definition) is 4. The Labute approximate surface area is 118 Å². The monoisotopic (exact) mass is 295 g/mol. The maximum Gasteiger partial charge on any atom is 0.288 e. The van der Waals surface area contributed by atoms with Gasteiger partial charge < -0.3 is 5.32 Å². The molecular weight excluding hydrogens is 284 g/mol. The van der Waals surface area contributed by atoms with Gasteiger partial charge in [-0.2, -0.15) is 8.78 Å². The third-order valence-electron chi connectivity index (χ3n) is 2.36. The summed E-state index contributed by atoms with van der Waals surface area (Å²) in [6.07, 6.45) is 1.47. The van der Waals surface area contributed by atoms with Crippen LogP contribution < -0.4 is 5.32 Å². The predicted molar refractivity (Wildman–Crippen MR) is 73.0 cm³/mol. The SMILES string of the molecule is Cc1nccc(C(=O)Nc2ccccc2SC(F)F)n1. The number of anilines is 1. The number of nitrogens with zero attached hydrogens (tertiary/aromatic N) is 2. The van der Waals surface area contributed by atoms with E-state index in [9.17, 15) is 13.6 Å². The van der Waals surface area contributed by atoms with Crippen molar-refractivity contribution in [3.8, 4) is 0 Å². The van der Waals surface area contributed by atoms with E-state index in [2.05, 4.69) is 15.3 Å². The number of carbonyl (C=O) groups excluding carboxylic acids is 1. The van der Waals surface area contributed by atoms with Gasteiger partial charge in [0.15, 0.2) is 0 Å². The van der Waals surface area contributed by atoms with Crippen LogP contribution in [0.2, 0.25) is 0 Å². The molecule has 0 aliphatic rings. The topological polar surface area (TPSA) is 54.9 Å². The first-order chi connectivity index (χ1) is 9.56. The van der Waals surface area contributed by atoms with Gasteiger partial charge in [-0.1, -0.05) is 23.9 Å². The van der Waals surface area contributed by atoms with Crippen molar-refractivity contribution in [1.82, 2.24) is 9.97 Å². The van der Waals surface area contributed by atoms with E-state index in [1.54, 1.807) is 25.1 Å². The fraction of sp³-hybridized carbons (Fsp3) is 0.154. The molecule has 0 bridgehead atoms. The molecule has 1 heterocycles. The van der Waals surface area contributed by atoms with Crippen LogP contribution in [0.15, 0.2) is 41.4 Å². The van der Waals surface area contributed by atoms with Gasteiger partial charge >= 0.3 is 0 Å². The van der Waals surface area contributed by atoms with Crippen molar-refractivity contribution in [1.29, 1.82) is 0 Å². The Hall–Kier alpha value is -2.02. The van der Waals surface area contributed by atoms with Gasteiger partial charge in [0.05, 0.1) is 5.69 Å². The summed E-state index contributed by atoms with van der Waals surface area (Å²) in [6.45, 7) is 1.66. The molecule has 0 radical (unpaired) electrons. The van der Waals surface area contributed by atoms with Gasteiger partial charge in [0.2, 0.25) is 0 Å². The van der Waals surface area contributed by atoms with E-state index in [1.165, 1.54) is 18.3 Å². The largest absolute Gasteiger partial charge is 0.320 e. The second-order valence-corrected chi connectivity index (χ2v) is 4.85. The van der Waals surface area contributed by atoms with E-state index in [4.69, 9.17) is 0 Å². The summed E-state index contributed by atoms with van der Waals surface area (Å²) in [6, 6.07) is 7.85. The lowest BCUT2D eigenvalue weighted by Crippen LogP contribution is -2.15. The Balaban J connectivity index is 2.19. The van der Waals surface area contributed by atoms with Gasteiger partial charge in [0, 0.05) is 11.1 Å². The highest BCUT2D eigenvalue weighted by Gasteiger charge is 2.13.